The summed E-state index contributed by atoms with van der Waals surface area (Å²) in [5.74, 6) is 0.790. The van der Waals surface area contributed by atoms with E-state index >= 15 is 0 Å². The van der Waals surface area contributed by atoms with Crippen LogP contribution in [0.4, 0.5) is 5.69 Å². The average Bonchev–Trinajstić information content (AvgIpc) is 3.00. The number of hydrogen-bond acceptors (Lipinski definition) is 5. The number of sulfonamides is 1. The number of nitrogens with zero attached hydrogens (tertiary/aromatic N) is 4. The number of benzene rings is 1. The Hall–Kier alpha value is -1.93. The number of nitrogens with one attached hydrogen (secondary N) is 1. The van der Waals surface area contributed by atoms with E-state index in [1.165, 1.54) is 6.33 Å². The minimum atomic E-state index is -3.42. The van der Waals surface area contributed by atoms with E-state index in [1.807, 2.05) is 20.0 Å². The van der Waals surface area contributed by atoms with Gasteiger partial charge in [0.1, 0.15) is 12.2 Å². The van der Waals surface area contributed by atoms with Crippen LogP contribution in [-0.4, -0.2) is 40.6 Å². The summed E-state index contributed by atoms with van der Waals surface area (Å²) < 4.78 is 28.9. The highest BCUT2D eigenvalue weighted by molar-refractivity contribution is 7.89. The van der Waals surface area contributed by atoms with Crippen LogP contribution in [0.2, 0.25) is 0 Å². The van der Waals surface area contributed by atoms with Crippen LogP contribution in [0.25, 0.3) is 0 Å². The number of aryl methyl sites for hydroxylation is 2. The SMILES string of the molecule is Cc1ccc(S(=O)(=O)N2CCCCC2)cc1NCc1ncnn1C. The Kier molecular flexibility index (Phi) is 4.86. The maximum atomic E-state index is 12.8. The number of anilines is 1. The second-order valence-electron chi connectivity index (χ2n) is 6.09. The standard InChI is InChI=1S/C16H23N5O2S/c1-13-6-7-14(24(22,23)21-8-4-3-5-9-21)10-15(13)17-11-16-18-12-19-20(16)2/h6-7,10,12,17H,3-5,8-9,11H2,1-2H3. The van der Waals surface area contributed by atoms with Crippen molar-refractivity contribution < 1.29 is 8.42 Å². The molecule has 0 unspecified atom stereocenters. The lowest BCUT2D eigenvalue weighted by molar-refractivity contribution is 0.346. The van der Waals surface area contributed by atoms with Gasteiger partial charge in [-0.2, -0.15) is 9.40 Å². The van der Waals surface area contributed by atoms with E-state index in [0.717, 1.165) is 36.3 Å². The quantitative estimate of drug-likeness (QED) is 0.892. The molecule has 0 saturated carbocycles. The van der Waals surface area contributed by atoms with E-state index in [1.54, 1.807) is 21.1 Å². The molecular weight excluding hydrogens is 326 g/mol. The third-order valence-electron chi connectivity index (χ3n) is 4.40. The van der Waals surface area contributed by atoms with Gasteiger partial charge in [0.05, 0.1) is 11.4 Å². The molecule has 2 heterocycles. The van der Waals surface area contributed by atoms with Crippen LogP contribution in [0.1, 0.15) is 30.7 Å². The fourth-order valence-corrected chi connectivity index (χ4v) is 4.40. The summed E-state index contributed by atoms with van der Waals surface area (Å²) in [6.45, 7) is 3.66. The highest BCUT2D eigenvalue weighted by Crippen LogP contribution is 2.25. The molecule has 7 nitrogen and oxygen atoms in total. The van der Waals surface area contributed by atoms with Gasteiger partial charge in [0, 0.05) is 25.8 Å². The predicted molar refractivity (Wildman–Crippen MR) is 92.1 cm³/mol. The van der Waals surface area contributed by atoms with E-state index < -0.39 is 10.0 Å². The van der Waals surface area contributed by atoms with Gasteiger partial charge in [-0.25, -0.2) is 13.4 Å². The zero-order chi connectivity index (χ0) is 17.2. The Bertz CT molecular complexity index is 810. The molecule has 3 rings (SSSR count). The van der Waals surface area contributed by atoms with Crippen molar-refractivity contribution in [3.63, 3.8) is 0 Å². The fraction of sp³-hybridized carbons (Fsp3) is 0.500. The average molecular weight is 349 g/mol. The molecule has 24 heavy (non-hydrogen) atoms. The molecule has 0 aliphatic carbocycles. The summed E-state index contributed by atoms with van der Waals surface area (Å²) >= 11 is 0. The van der Waals surface area contributed by atoms with Crippen molar-refractivity contribution >= 4 is 15.7 Å². The van der Waals surface area contributed by atoms with Gasteiger partial charge in [0.15, 0.2) is 0 Å². The summed E-state index contributed by atoms with van der Waals surface area (Å²) in [6.07, 6.45) is 4.47. The van der Waals surface area contributed by atoms with Crippen LogP contribution in [-0.2, 0) is 23.6 Å². The molecule has 1 aromatic carbocycles. The minimum Gasteiger partial charge on any atom is -0.378 e. The van der Waals surface area contributed by atoms with Crippen LogP contribution in [0, 0.1) is 6.92 Å². The molecule has 8 heteroatoms. The van der Waals surface area contributed by atoms with Gasteiger partial charge < -0.3 is 5.32 Å². The molecular formula is C16H23N5O2S. The Morgan fingerprint density at radius 2 is 1.96 bits per heavy atom. The normalized spacial score (nSPS) is 16.2. The molecule has 0 radical (unpaired) electrons. The van der Waals surface area contributed by atoms with Gasteiger partial charge in [0.2, 0.25) is 10.0 Å². The van der Waals surface area contributed by atoms with Gasteiger partial charge in [-0.15, -0.1) is 0 Å². The molecule has 0 bridgehead atoms. The molecule has 0 amide bonds. The molecule has 1 fully saturated rings. The van der Waals surface area contributed by atoms with Crippen LogP contribution in [0.5, 0.6) is 0 Å². The summed E-state index contributed by atoms with van der Waals surface area (Å²) in [5.41, 5.74) is 1.80. The van der Waals surface area contributed by atoms with Crippen molar-refractivity contribution in [3.05, 3.63) is 35.9 Å². The first-order valence-electron chi connectivity index (χ1n) is 8.16. The number of rotatable bonds is 5. The largest absolute Gasteiger partial charge is 0.378 e. The van der Waals surface area contributed by atoms with Crippen LogP contribution >= 0.6 is 0 Å². The minimum absolute atomic E-state index is 0.343. The zero-order valence-corrected chi connectivity index (χ0v) is 14.9. The van der Waals surface area contributed by atoms with Gasteiger partial charge in [-0.1, -0.05) is 12.5 Å². The molecule has 1 aliphatic heterocycles. The van der Waals surface area contributed by atoms with E-state index in [9.17, 15) is 8.42 Å². The van der Waals surface area contributed by atoms with E-state index in [-0.39, 0.29) is 0 Å². The van der Waals surface area contributed by atoms with Crippen molar-refractivity contribution in [2.45, 2.75) is 37.6 Å². The maximum absolute atomic E-state index is 12.8. The summed E-state index contributed by atoms with van der Waals surface area (Å²) in [5, 5.41) is 7.30. The van der Waals surface area contributed by atoms with Crippen LogP contribution < -0.4 is 5.32 Å². The molecule has 0 atom stereocenters. The predicted octanol–water partition coefficient (Wildman–Crippen LogP) is 1.91. The number of hydrogen-bond donors (Lipinski definition) is 1. The molecule has 0 spiro atoms. The molecule has 1 aromatic heterocycles. The Morgan fingerprint density at radius 3 is 2.62 bits per heavy atom. The summed E-state index contributed by atoms with van der Waals surface area (Å²) in [7, 11) is -1.59. The van der Waals surface area contributed by atoms with E-state index in [0.29, 0.717) is 24.5 Å². The van der Waals surface area contributed by atoms with Crippen molar-refractivity contribution in [1.82, 2.24) is 19.1 Å². The molecule has 1 aliphatic rings. The first-order chi connectivity index (χ1) is 11.5. The van der Waals surface area contributed by atoms with Gasteiger partial charge >= 0.3 is 0 Å². The maximum Gasteiger partial charge on any atom is 0.243 e. The highest BCUT2D eigenvalue weighted by atomic mass is 32.2. The molecule has 2 aromatic rings. The smallest absolute Gasteiger partial charge is 0.243 e. The lowest BCUT2D eigenvalue weighted by Gasteiger charge is -2.26. The van der Waals surface area contributed by atoms with Crippen molar-refractivity contribution in [2.75, 3.05) is 18.4 Å². The Morgan fingerprint density at radius 1 is 1.21 bits per heavy atom. The number of piperidine rings is 1. The Labute approximate surface area is 142 Å². The van der Waals surface area contributed by atoms with Gasteiger partial charge in [-0.05, 0) is 37.5 Å². The van der Waals surface area contributed by atoms with Crippen molar-refractivity contribution in [1.29, 1.82) is 0 Å². The molecule has 1 saturated heterocycles. The lowest BCUT2D eigenvalue weighted by Crippen LogP contribution is -2.35. The summed E-state index contributed by atoms with van der Waals surface area (Å²) in [6, 6.07) is 5.25. The third-order valence-corrected chi connectivity index (χ3v) is 6.30. The van der Waals surface area contributed by atoms with Crippen LogP contribution in [0.3, 0.4) is 0 Å². The van der Waals surface area contributed by atoms with E-state index in [4.69, 9.17) is 0 Å². The second kappa shape index (κ2) is 6.90. The van der Waals surface area contributed by atoms with Crippen molar-refractivity contribution in [3.8, 4) is 0 Å². The topological polar surface area (TPSA) is 80.1 Å². The van der Waals surface area contributed by atoms with Crippen molar-refractivity contribution in [2.24, 2.45) is 7.05 Å². The van der Waals surface area contributed by atoms with Crippen LogP contribution in [0.15, 0.2) is 29.4 Å². The molecule has 1 N–H and O–H groups in total. The van der Waals surface area contributed by atoms with Gasteiger partial charge in [-0.3, -0.25) is 4.68 Å². The zero-order valence-electron chi connectivity index (χ0n) is 14.1. The van der Waals surface area contributed by atoms with E-state index in [2.05, 4.69) is 15.4 Å². The molecule has 130 valence electrons. The van der Waals surface area contributed by atoms with Gasteiger partial charge in [0.25, 0.3) is 0 Å². The fourth-order valence-electron chi connectivity index (χ4n) is 2.86. The third kappa shape index (κ3) is 3.44. The monoisotopic (exact) mass is 349 g/mol. The Balaban J connectivity index is 1.81. The number of aromatic nitrogens is 3. The lowest BCUT2D eigenvalue weighted by atomic mass is 10.2. The highest BCUT2D eigenvalue weighted by Gasteiger charge is 2.26. The first kappa shape index (κ1) is 16.9. The summed E-state index contributed by atoms with van der Waals surface area (Å²) in [4.78, 5) is 4.51. The second-order valence-corrected chi connectivity index (χ2v) is 8.03. The first-order valence-corrected chi connectivity index (χ1v) is 9.60.